The standard InChI is InChI=1S/C26H28ClN5O3/c27-21-4-1-5-23-20(21)8-9-26(35-23)10-13-32(14-11-26)24-7-6-19(30-31-24)15-25(34)29-17-22(33)18-3-2-12-28-16-18/h1-7,12,16,22,33H,8-11,13-15,17H2,(H,29,34). The number of amides is 1. The Morgan fingerprint density at radius 1 is 1.14 bits per heavy atom. The van der Waals surface area contributed by atoms with Crippen LogP contribution in [0.15, 0.2) is 54.9 Å². The van der Waals surface area contributed by atoms with Crippen molar-refractivity contribution in [2.75, 3.05) is 24.5 Å². The number of carbonyl (C=O) groups excluding carboxylic acids is 1. The quantitative estimate of drug-likeness (QED) is 0.543. The second-order valence-electron chi connectivity index (χ2n) is 9.15. The molecular weight excluding hydrogens is 466 g/mol. The summed E-state index contributed by atoms with van der Waals surface area (Å²) in [6, 6.07) is 13.1. The molecule has 0 saturated carbocycles. The highest BCUT2D eigenvalue weighted by Gasteiger charge is 2.40. The Morgan fingerprint density at radius 2 is 2.00 bits per heavy atom. The molecule has 1 amide bonds. The van der Waals surface area contributed by atoms with Crippen molar-refractivity contribution in [2.24, 2.45) is 0 Å². The number of aliphatic hydroxyl groups excluding tert-OH is 1. The van der Waals surface area contributed by atoms with Gasteiger partial charge in [0.15, 0.2) is 5.82 Å². The van der Waals surface area contributed by atoms with Gasteiger partial charge in [0.2, 0.25) is 5.91 Å². The minimum atomic E-state index is -0.804. The number of aliphatic hydroxyl groups is 1. The first kappa shape index (κ1) is 23.5. The van der Waals surface area contributed by atoms with Crippen molar-refractivity contribution in [1.29, 1.82) is 0 Å². The number of hydrogen-bond donors (Lipinski definition) is 2. The molecule has 182 valence electrons. The highest BCUT2D eigenvalue weighted by atomic mass is 35.5. The molecule has 0 aliphatic carbocycles. The fourth-order valence-corrected chi connectivity index (χ4v) is 5.01. The number of carbonyl (C=O) groups is 1. The summed E-state index contributed by atoms with van der Waals surface area (Å²) in [5, 5.41) is 22.3. The Hall–Kier alpha value is -3.23. The second kappa shape index (κ2) is 10.2. The van der Waals surface area contributed by atoms with Gasteiger partial charge in [0.05, 0.1) is 18.2 Å². The zero-order valence-corrected chi connectivity index (χ0v) is 20.1. The zero-order valence-electron chi connectivity index (χ0n) is 19.4. The Kier molecular flexibility index (Phi) is 6.83. The summed E-state index contributed by atoms with van der Waals surface area (Å²) in [5.41, 5.74) is 2.20. The molecule has 2 N–H and O–H groups in total. The number of nitrogens with zero attached hydrogens (tertiary/aromatic N) is 4. The number of fused-ring (bicyclic) bond motifs is 1. The number of ether oxygens (including phenoxy) is 1. The second-order valence-corrected chi connectivity index (χ2v) is 9.56. The molecule has 35 heavy (non-hydrogen) atoms. The van der Waals surface area contributed by atoms with Crippen LogP contribution in [0.1, 0.15) is 42.2 Å². The molecule has 2 aliphatic heterocycles. The van der Waals surface area contributed by atoms with Crippen molar-refractivity contribution >= 4 is 23.3 Å². The number of hydrogen-bond acceptors (Lipinski definition) is 7. The maximum Gasteiger partial charge on any atom is 0.226 e. The molecule has 1 saturated heterocycles. The molecule has 1 aromatic carbocycles. The Bertz CT molecular complexity index is 1170. The van der Waals surface area contributed by atoms with E-state index in [2.05, 4.69) is 25.4 Å². The van der Waals surface area contributed by atoms with E-state index >= 15 is 0 Å². The maximum absolute atomic E-state index is 12.3. The first-order chi connectivity index (χ1) is 17.0. The molecule has 5 rings (SSSR count). The summed E-state index contributed by atoms with van der Waals surface area (Å²) in [7, 11) is 0. The highest BCUT2D eigenvalue weighted by molar-refractivity contribution is 6.31. The topological polar surface area (TPSA) is 100 Å². The van der Waals surface area contributed by atoms with Crippen LogP contribution in [0.3, 0.4) is 0 Å². The van der Waals surface area contributed by atoms with Crippen LogP contribution in [0.25, 0.3) is 0 Å². The number of aromatic nitrogens is 3. The van der Waals surface area contributed by atoms with Crippen molar-refractivity contribution in [3.05, 3.63) is 76.7 Å². The van der Waals surface area contributed by atoms with E-state index in [1.54, 1.807) is 24.5 Å². The molecule has 2 aromatic heterocycles. The van der Waals surface area contributed by atoms with Gasteiger partial charge in [-0.15, -0.1) is 5.10 Å². The lowest BCUT2D eigenvalue weighted by molar-refractivity contribution is -0.121. The fraction of sp³-hybridized carbons (Fsp3) is 0.385. The Balaban J connectivity index is 1.11. The molecule has 1 atom stereocenters. The molecule has 4 heterocycles. The Morgan fingerprint density at radius 3 is 2.74 bits per heavy atom. The number of rotatable bonds is 6. The molecule has 3 aromatic rings. The summed E-state index contributed by atoms with van der Waals surface area (Å²) < 4.78 is 6.44. The first-order valence-electron chi connectivity index (χ1n) is 11.9. The molecule has 1 fully saturated rings. The van der Waals surface area contributed by atoms with Crippen LogP contribution in [0.5, 0.6) is 5.75 Å². The normalized spacial score (nSPS) is 17.4. The van der Waals surface area contributed by atoms with E-state index in [-0.39, 0.29) is 24.5 Å². The smallest absolute Gasteiger partial charge is 0.226 e. The summed E-state index contributed by atoms with van der Waals surface area (Å²) in [6.07, 6.45) is 6.23. The summed E-state index contributed by atoms with van der Waals surface area (Å²) in [6.45, 7) is 1.78. The third kappa shape index (κ3) is 5.39. The number of halogens is 1. The van der Waals surface area contributed by atoms with Gasteiger partial charge in [-0.2, -0.15) is 5.10 Å². The molecule has 0 bridgehead atoms. The molecule has 0 radical (unpaired) electrons. The largest absolute Gasteiger partial charge is 0.487 e. The average Bonchev–Trinajstić information content (AvgIpc) is 2.89. The first-order valence-corrected chi connectivity index (χ1v) is 12.3. The number of pyridine rings is 1. The van der Waals surface area contributed by atoms with Crippen molar-refractivity contribution in [2.45, 2.75) is 43.8 Å². The van der Waals surface area contributed by atoms with Gasteiger partial charge in [0.25, 0.3) is 0 Å². The lowest BCUT2D eigenvalue weighted by atomic mass is 9.83. The van der Waals surface area contributed by atoms with Crippen LogP contribution in [0.2, 0.25) is 5.02 Å². The fourth-order valence-electron chi connectivity index (χ4n) is 4.75. The lowest BCUT2D eigenvalue weighted by Gasteiger charge is -2.45. The van der Waals surface area contributed by atoms with E-state index < -0.39 is 6.10 Å². The van der Waals surface area contributed by atoms with Crippen LogP contribution >= 0.6 is 11.6 Å². The van der Waals surface area contributed by atoms with Crippen LogP contribution < -0.4 is 15.0 Å². The van der Waals surface area contributed by atoms with Gasteiger partial charge >= 0.3 is 0 Å². The average molecular weight is 494 g/mol. The monoisotopic (exact) mass is 493 g/mol. The minimum absolute atomic E-state index is 0.103. The molecule has 1 spiro atoms. The third-order valence-corrected chi connectivity index (χ3v) is 7.19. The van der Waals surface area contributed by atoms with Crippen LogP contribution in [-0.4, -0.2) is 51.4 Å². The Labute approximate surface area is 209 Å². The van der Waals surface area contributed by atoms with Crippen LogP contribution in [0, 0.1) is 0 Å². The van der Waals surface area contributed by atoms with Gasteiger partial charge in [-0.25, -0.2) is 0 Å². The van der Waals surface area contributed by atoms with Gasteiger partial charge in [0, 0.05) is 61.0 Å². The van der Waals surface area contributed by atoms with Gasteiger partial charge in [-0.1, -0.05) is 23.7 Å². The third-order valence-electron chi connectivity index (χ3n) is 6.84. The van der Waals surface area contributed by atoms with Crippen molar-refractivity contribution in [3.63, 3.8) is 0 Å². The van der Waals surface area contributed by atoms with Crippen molar-refractivity contribution < 1.29 is 14.6 Å². The van der Waals surface area contributed by atoms with E-state index in [9.17, 15) is 9.90 Å². The molecule has 8 nitrogen and oxygen atoms in total. The zero-order chi connectivity index (χ0) is 24.3. The summed E-state index contributed by atoms with van der Waals surface area (Å²) in [5.74, 6) is 1.49. The van der Waals surface area contributed by atoms with E-state index in [4.69, 9.17) is 16.3 Å². The number of piperidine rings is 1. The molecular formula is C26H28ClN5O3. The van der Waals surface area contributed by atoms with E-state index in [1.165, 1.54) is 0 Å². The van der Waals surface area contributed by atoms with Crippen molar-refractivity contribution in [1.82, 2.24) is 20.5 Å². The number of nitrogens with one attached hydrogen (secondary N) is 1. The molecule has 1 unspecified atom stereocenters. The summed E-state index contributed by atoms with van der Waals surface area (Å²) in [4.78, 5) is 18.5. The number of anilines is 1. The molecule has 9 heteroatoms. The maximum atomic E-state index is 12.3. The minimum Gasteiger partial charge on any atom is -0.487 e. The van der Waals surface area contributed by atoms with E-state index in [0.717, 1.165) is 60.9 Å². The van der Waals surface area contributed by atoms with Crippen LogP contribution in [-0.2, 0) is 17.6 Å². The predicted octanol–water partition coefficient (Wildman–Crippen LogP) is 3.28. The van der Waals surface area contributed by atoms with Gasteiger partial charge in [0.1, 0.15) is 11.4 Å². The van der Waals surface area contributed by atoms with Gasteiger partial charge in [-0.05, 0) is 43.2 Å². The SMILES string of the molecule is O=C(Cc1ccc(N2CCC3(CCc4c(Cl)cccc4O3)CC2)nn1)NCC(O)c1cccnc1. The lowest BCUT2D eigenvalue weighted by Crippen LogP contribution is -2.50. The number of benzene rings is 1. The van der Waals surface area contributed by atoms with Crippen molar-refractivity contribution in [3.8, 4) is 5.75 Å². The predicted molar refractivity (Wildman–Crippen MR) is 133 cm³/mol. The van der Waals surface area contributed by atoms with Gasteiger partial charge < -0.3 is 20.1 Å². The van der Waals surface area contributed by atoms with Gasteiger partial charge in [-0.3, -0.25) is 9.78 Å². The van der Waals surface area contributed by atoms with E-state index in [1.807, 2.05) is 30.3 Å². The van der Waals surface area contributed by atoms with Crippen LogP contribution in [0.4, 0.5) is 5.82 Å². The highest BCUT2D eigenvalue weighted by Crippen LogP contribution is 2.42. The molecule has 2 aliphatic rings. The summed E-state index contributed by atoms with van der Waals surface area (Å²) >= 11 is 6.33. The van der Waals surface area contributed by atoms with E-state index in [0.29, 0.717) is 11.3 Å².